The summed E-state index contributed by atoms with van der Waals surface area (Å²) < 4.78 is 0. The molecule has 1 aromatic rings. The van der Waals surface area contributed by atoms with Gasteiger partial charge in [0, 0.05) is 25.4 Å². The molecule has 0 fully saturated rings. The number of nitrogens with zero attached hydrogens (tertiary/aromatic N) is 2. The Morgan fingerprint density at radius 1 is 1.43 bits per heavy atom. The highest BCUT2D eigenvalue weighted by atomic mass is 35.5. The smallest absolute Gasteiger partial charge is 0.235 e. The first-order valence-corrected chi connectivity index (χ1v) is 3.83. The highest BCUT2D eigenvalue weighted by Gasteiger charge is 1.97. The number of nitrogens with one attached hydrogen (secondary N) is 2. The second-order valence-corrected chi connectivity index (χ2v) is 2.32. The first-order valence-electron chi connectivity index (χ1n) is 3.83. The van der Waals surface area contributed by atoms with Crippen LogP contribution in [0.1, 0.15) is 6.42 Å². The quantitative estimate of drug-likeness (QED) is 0.366. The maximum atomic E-state index is 10.7. The van der Waals surface area contributed by atoms with E-state index < -0.39 is 0 Å². The Hall–Kier alpha value is -1.40. The van der Waals surface area contributed by atoms with Crippen molar-refractivity contribution in [3.8, 4) is 0 Å². The highest BCUT2D eigenvalue weighted by Crippen LogP contribution is 1.93. The van der Waals surface area contributed by atoms with Crippen molar-refractivity contribution in [2.75, 3.05) is 11.9 Å². The van der Waals surface area contributed by atoms with Crippen molar-refractivity contribution in [1.82, 2.24) is 15.4 Å². The number of aromatic nitrogens is 2. The summed E-state index contributed by atoms with van der Waals surface area (Å²) in [5, 5.41) is 2.87. The van der Waals surface area contributed by atoms with Crippen LogP contribution in [0.3, 0.4) is 0 Å². The molecule has 0 spiro atoms. The lowest BCUT2D eigenvalue weighted by atomic mass is 10.4. The zero-order chi connectivity index (χ0) is 9.52. The van der Waals surface area contributed by atoms with Crippen LogP contribution in [0.5, 0.6) is 0 Å². The fraction of sp³-hybridized carbons (Fsp3) is 0.286. The van der Waals surface area contributed by atoms with Crippen molar-refractivity contribution < 1.29 is 4.79 Å². The van der Waals surface area contributed by atoms with Crippen molar-refractivity contribution in [1.29, 1.82) is 0 Å². The monoisotopic (exact) mass is 217 g/mol. The minimum absolute atomic E-state index is 0. The molecule has 0 aromatic carbocycles. The Kier molecular flexibility index (Phi) is 6.34. The summed E-state index contributed by atoms with van der Waals surface area (Å²) in [6.07, 6.45) is 3.55. The zero-order valence-corrected chi connectivity index (χ0v) is 8.25. The molecule has 1 aromatic heterocycles. The van der Waals surface area contributed by atoms with Crippen molar-refractivity contribution in [3.05, 3.63) is 18.5 Å². The molecule has 0 aliphatic carbocycles. The molecule has 1 heterocycles. The molecule has 0 radical (unpaired) electrons. The molecule has 0 aliphatic rings. The van der Waals surface area contributed by atoms with Gasteiger partial charge in [0.1, 0.15) is 0 Å². The number of amides is 1. The number of carbonyl (C=O) groups excluding carboxylic acids is 1. The largest absolute Gasteiger partial charge is 0.354 e. The lowest BCUT2D eigenvalue weighted by Crippen LogP contribution is -2.31. The SMILES string of the molecule is Cl.NNC(=O)CCNc1ncccn1. The zero-order valence-electron chi connectivity index (χ0n) is 7.43. The summed E-state index contributed by atoms with van der Waals surface area (Å²) in [6.45, 7) is 0.465. The van der Waals surface area contributed by atoms with Crippen LogP contribution in [0.2, 0.25) is 0 Å². The van der Waals surface area contributed by atoms with E-state index in [1.807, 2.05) is 5.43 Å². The average molecular weight is 218 g/mol. The number of hydrogen-bond acceptors (Lipinski definition) is 5. The number of hydrogen-bond donors (Lipinski definition) is 3. The van der Waals surface area contributed by atoms with E-state index >= 15 is 0 Å². The fourth-order valence-corrected chi connectivity index (χ4v) is 0.750. The van der Waals surface area contributed by atoms with E-state index in [9.17, 15) is 4.79 Å². The van der Waals surface area contributed by atoms with Crippen LogP contribution in [-0.2, 0) is 4.79 Å². The molecule has 0 saturated heterocycles. The number of halogens is 1. The Morgan fingerprint density at radius 3 is 2.64 bits per heavy atom. The second-order valence-electron chi connectivity index (χ2n) is 2.32. The van der Waals surface area contributed by atoms with E-state index in [-0.39, 0.29) is 18.3 Å². The summed E-state index contributed by atoms with van der Waals surface area (Å²) in [6, 6.07) is 1.72. The van der Waals surface area contributed by atoms with Crippen molar-refractivity contribution >= 4 is 24.3 Å². The number of nitrogens with two attached hydrogens (primary N) is 1. The molecule has 4 N–H and O–H groups in total. The molecular weight excluding hydrogens is 206 g/mol. The van der Waals surface area contributed by atoms with Gasteiger partial charge >= 0.3 is 0 Å². The normalized spacial score (nSPS) is 8.64. The van der Waals surface area contributed by atoms with Crippen molar-refractivity contribution in [2.45, 2.75) is 6.42 Å². The van der Waals surface area contributed by atoms with E-state index in [1.165, 1.54) is 0 Å². The topological polar surface area (TPSA) is 92.9 Å². The van der Waals surface area contributed by atoms with Gasteiger partial charge in [0.15, 0.2) is 0 Å². The van der Waals surface area contributed by atoms with Gasteiger partial charge in [-0.25, -0.2) is 15.8 Å². The first-order chi connectivity index (χ1) is 6.33. The van der Waals surface area contributed by atoms with Crippen LogP contribution >= 0.6 is 12.4 Å². The summed E-state index contributed by atoms with van der Waals surface area (Å²) >= 11 is 0. The molecular formula is C7H12ClN5O. The minimum atomic E-state index is -0.219. The lowest BCUT2D eigenvalue weighted by Gasteiger charge is -2.02. The van der Waals surface area contributed by atoms with Gasteiger partial charge < -0.3 is 5.32 Å². The Balaban J connectivity index is 0.00000169. The van der Waals surface area contributed by atoms with Gasteiger partial charge in [-0.15, -0.1) is 12.4 Å². The maximum absolute atomic E-state index is 10.7. The predicted octanol–water partition coefficient (Wildman–Crippen LogP) is -0.310. The third-order valence-corrected chi connectivity index (χ3v) is 1.36. The number of rotatable bonds is 4. The maximum Gasteiger partial charge on any atom is 0.235 e. The van der Waals surface area contributed by atoms with Crippen LogP contribution in [0.25, 0.3) is 0 Å². The number of anilines is 1. The van der Waals surface area contributed by atoms with Crippen LogP contribution in [-0.4, -0.2) is 22.4 Å². The van der Waals surface area contributed by atoms with Crippen LogP contribution in [0.4, 0.5) is 5.95 Å². The standard InChI is InChI=1S/C7H11N5O.ClH/c8-12-6(13)2-5-11-7-9-3-1-4-10-7;/h1,3-4H,2,5,8H2,(H,12,13)(H,9,10,11);1H. The second kappa shape index (κ2) is 7.05. The highest BCUT2D eigenvalue weighted by molar-refractivity contribution is 5.85. The molecule has 0 saturated carbocycles. The van der Waals surface area contributed by atoms with Gasteiger partial charge in [0.25, 0.3) is 0 Å². The Bertz CT molecular complexity index is 268. The molecule has 14 heavy (non-hydrogen) atoms. The fourth-order valence-electron chi connectivity index (χ4n) is 0.750. The summed E-state index contributed by atoms with van der Waals surface area (Å²) in [5.41, 5.74) is 2.03. The Morgan fingerprint density at radius 2 is 2.07 bits per heavy atom. The third kappa shape index (κ3) is 4.58. The van der Waals surface area contributed by atoms with E-state index in [1.54, 1.807) is 18.5 Å². The van der Waals surface area contributed by atoms with Gasteiger partial charge in [0.2, 0.25) is 11.9 Å². The molecule has 1 rings (SSSR count). The molecule has 6 nitrogen and oxygen atoms in total. The van der Waals surface area contributed by atoms with E-state index in [4.69, 9.17) is 5.84 Å². The van der Waals surface area contributed by atoms with Crippen molar-refractivity contribution in [2.24, 2.45) is 5.84 Å². The number of carbonyl (C=O) groups is 1. The van der Waals surface area contributed by atoms with E-state index in [0.29, 0.717) is 18.9 Å². The van der Waals surface area contributed by atoms with E-state index in [0.717, 1.165) is 0 Å². The molecule has 0 atom stereocenters. The molecule has 1 amide bonds. The Labute approximate surface area is 87.7 Å². The molecule has 78 valence electrons. The predicted molar refractivity (Wildman–Crippen MR) is 54.7 cm³/mol. The minimum Gasteiger partial charge on any atom is -0.354 e. The van der Waals surface area contributed by atoms with Crippen LogP contribution in [0, 0.1) is 0 Å². The van der Waals surface area contributed by atoms with Gasteiger partial charge in [0.05, 0.1) is 0 Å². The summed E-state index contributed by atoms with van der Waals surface area (Å²) in [4.78, 5) is 18.5. The average Bonchev–Trinajstić information content (AvgIpc) is 2.19. The third-order valence-electron chi connectivity index (χ3n) is 1.36. The van der Waals surface area contributed by atoms with Crippen LogP contribution in [0.15, 0.2) is 18.5 Å². The van der Waals surface area contributed by atoms with Gasteiger partial charge in [-0.05, 0) is 6.07 Å². The van der Waals surface area contributed by atoms with E-state index in [2.05, 4.69) is 15.3 Å². The van der Waals surface area contributed by atoms with Gasteiger partial charge in [-0.1, -0.05) is 0 Å². The lowest BCUT2D eigenvalue weighted by molar-refractivity contribution is -0.120. The molecule has 7 heteroatoms. The van der Waals surface area contributed by atoms with Crippen molar-refractivity contribution in [3.63, 3.8) is 0 Å². The van der Waals surface area contributed by atoms with Gasteiger partial charge in [-0.2, -0.15) is 0 Å². The van der Waals surface area contributed by atoms with Gasteiger partial charge in [-0.3, -0.25) is 10.2 Å². The summed E-state index contributed by atoms with van der Waals surface area (Å²) in [5.74, 6) is 5.18. The van der Waals surface area contributed by atoms with Crippen LogP contribution < -0.4 is 16.6 Å². The molecule has 0 bridgehead atoms. The molecule has 0 unspecified atom stereocenters. The molecule has 0 aliphatic heterocycles. The first kappa shape index (κ1) is 12.6. The number of hydrazine groups is 1. The summed E-state index contributed by atoms with van der Waals surface area (Å²) in [7, 11) is 0.